The minimum atomic E-state index is -3.00. The van der Waals surface area contributed by atoms with Gasteiger partial charge in [-0.2, -0.15) is 4.98 Å². The second kappa shape index (κ2) is 6.32. The van der Waals surface area contributed by atoms with Crippen molar-refractivity contribution in [3.8, 4) is 0 Å². The third-order valence-corrected chi connectivity index (χ3v) is 6.65. The lowest BCUT2D eigenvalue weighted by molar-refractivity contribution is -0.128. The zero-order valence-corrected chi connectivity index (χ0v) is 15.4. The number of rotatable bonds is 4. The summed E-state index contributed by atoms with van der Waals surface area (Å²) in [6, 6.07) is 1.68. The van der Waals surface area contributed by atoms with Crippen LogP contribution >= 0.6 is 11.8 Å². The fraction of sp³-hybridized carbons (Fsp3) is 0.571. The first-order valence-corrected chi connectivity index (χ1v) is 10.4. The molecule has 24 heavy (non-hydrogen) atoms. The highest BCUT2D eigenvalue weighted by molar-refractivity contribution is 7.99. The fourth-order valence-corrected chi connectivity index (χ4v) is 5.24. The molecule has 0 aromatic carbocycles. The van der Waals surface area contributed by atoms with Gasteiger partial charge in [0.25, 0.3) is 5.78 Å². The van der Waals surface area contributed by atoms with Crippen LogP contribution in [0, 0.1) is 13.8 Å². The van der Waals surface area contributed by atoms with Crippen LogP contribution < -0.4 is 0 Å². The van der Waals surface area contributed by atoms with Crippen molar-refractivity contribution in [1.29, 1.82) is 0 Å². The minimum absolute atomic E-state index is 0.0505. The van der Waals surface area contributed by atoms with Gasteiger partial charge in [0.05, 0.1) is 17.3 Å². The molecule has 1 aliphatic rings. The van der Waals surface area contributed by atoms with Gasteiger partial charge in [0.1, 0.15) is 0 Å². The van der Waals surface area contributed by atoms with Crippen LogP contribution in [0.2, 0.25) is 0 Å². The van der Waals surface area contributed by atoms with Crippen LogP contribution in [0.3, 0.4) is 0 Å². The number of carbonyl (C=O) groups is 1. The number of amides is 1. The van der Waals surface area contributed by atoms with Gasteiger partial charge in [0.2, 0.25) is 11.1 Å². The summed E-state index contributed by atoms with van der Waals surface area (Å²) in [6.07, 6.45) is 0.504. The number of sulfone groups is 1. The van der Waals surface area contributed by atoms with Gasteiger partial charge in [-0.05, 0) is 26.3 Å². The van der Waals surface area contributed by atoms with E-state index in [9.17, 15) is 13.2 Å². The molecular weight excluding hydrogens is 350 g/mol. The number of hydrogen-bond donors (Lipinski definition) is 0. The van der Waals surface area contributed by atoms with Gasteiger partial charge in [0, 0.05) is 24.5 Å². The Kier molecular flexibility index (Phi) is 4.52. The molecule has 0 bridgehead atoms. The molecule has 1 saturated heterocycles. The summed E-state index contributed by atoms with van der Waals surface area (Å²) in [6.45, 7) is 3.81. The predicted molar refractivity (Wildman–Crippen MR) is 90.8 cm³/mol. The van der Waals surface area contributed by atoms with Crippen LogP contribution in [0.1, 0.15) is 17.8 Å². The first kappa shape index (κ1) is 17.2. The summed E-state index contributed by atoms with van der Waals surface area (Å²) >= 11 is 1.23. The molecule has 1 fully saturated rings. The van der Waals surface area contributed by atoms with Gasteiger partial charge >= 0.3 is 0 Å². The van der Waals surface area contributed by atoms with Crippen LogP contribution in [0.4, 0.5) is 0 Å². The maximum Gasteiger partial charge on any atom is 0.253 e. The summed E-state index contributed by atoms with van der Waals surface area (Å²) in [4.78, 5) is 22.4. The summed E-state index contributed by atoms with van der Waals surface area (Å²) < 4.78 is 24.7. The molecule has 3 rings (SSSR count). The molecule has 0 radical (unpaired) electrons. The van der Waals surface area contributed by atoms with Crippen molar-refractivity contribution in [1.82, 2.24) is 24.5 Å². The molecule has 0 N–H and O–H groups in total. The highest BCUT2D eigenvalue weighted by atomic mass is 32.2. The Labute approximate surface area is 144 Å². The van der Waals surface area contributed by atoms with Crippen molar-refractivity contribution in [2.75, 3.05) is 24.3 Å². The summed E-state index contributed by atoms with van der Waals surface area (Å²) in [7, 11) is -1.35. The summed E-state index contributed by atoms with van der Waals surface area (Å²) in [5.41, 5.74) is 1.79. The molecule has 1 amide bonds. The second-order valence-electron chi connectivity index (χ2n) is 6.00. The molecule has 1 aliphatic heterocycles. The quantitative estimate of drug-likeness (QED) is 0.723. The van der Waals surface area contributed by atoms with Crippen LogP contribution in [0.25, 0.3) is 5.78 Å². The third-order valence-electron chi connectivity index (χ3n) is 4.07. The SMILES string of the molecule is Cc1cc(C)n2nc(SCC(=O)N(C)[C@H]3CCS(=O)(=O)C3)nc2n1. The number of nitrogens with zero attached hydrogens (tertiary/aromatic N) is 5. The van der Waals surface area contributed by atoms with E-state index in [1.54, 1.807) is 11.6 Å². The lowest BCUT2D eigenvalue weighted by Gasteiger charge is -2.22. The average Bonchev–Trinajstić information content (AvgIpc) is 3.07. The van der Waals surface area contributed by atoms with E-state index in [0.717, 1.165) is 11.4 Å². The van der Waals surface area contributed by atoms with Gasteiger partial charge in [0.15, 0.2) is 9.84 Å². The van der Waals surface area contributed by atoms with E-state index >= 15 is 0 Å². The van der Waals surface area contributed by atoms with Gasteiger partial charge in [-0.1, -0.05) is 11.8 Å². The topological polar surface area (TPSA) is 97.5 Å². The first-order valence-electron chi connectivity index (χ1n) is 7.55. The molecule has 2 aromatic heterocycles. The maximum absolute atomic E-state index is 12.3. The van der Waals surface area contributed by atoms with E-state index in [4.69, 9.17) is 0 Å². The highest BCUT2D eigenvalue weighted by Crippen LogP contribution is 2.20. The fourth-order valence-electron chi connectivity index (χ4n) is 2.72. The van der Waals surface area contributed by atoms with Crippen LogP contribution in [-0.4, -0.2) is 69.2 Å². The molecule has 0 saturated carbocycles. The normalized spacial score (nSPS) is 19.7. The molecule has 2 aromatic rings. The molecule has 0 unspecified atom stereocenters. The smallest absolute Gasteiger partial charge is 0.253 e. The molecule has 10 heteroatoms. The van der Waals surface area contributed by atoms with Gasteiger partial charge in [-0.3, -0.25) is 4.79 Å². The average molecular weight is 369 g/mol. The van der Waals surface area contributed by atoms with Crippen molar-refractivity contribution >= 4 is 33.3 Å². The third kappa shape index (κ3) is 3.54. The Bertz CT molecular complexity index is 893. The molecule has 8 nitrogen and oxygen atoms in total. The molecule has 3 heterocycles. The van der Waals surface area contributed by atoms with E-state index in [2.05, 4.69) is 15.1 Å². The van der Waals surface area contributed by atoms with Crippen molar-refractivity contribution in [3.63, 3.8) is 0 Å². The number of aryl methyl sites for hydroxylation is 2. The van der Waals surface area contributed by atoms with E-state index in [-0.39, 0.29) is 29.2 Å². The van der Waals surface area contributed by atoms with Crippen LogP contribution in [-0.2, 0) is 14.6 Å². The number of carbonyl (C=O) groups excluding carboxylic acids is 1. The predicted octanol–water partition coefficient (Wildman–Crippen LogP) is 0.479. The minimum Gasteiger partial charge on any atom is -0.341 e. The Hall–Kier alpha value is -1.68. The van der Waals surface area contributed by atoms with E-state index in [1.807, 2.05) is 19.9 Å². The lowest BCUT2D eigenvalue weighted by atomic mass is 10.2. The Morgan fingerprint density at radius 1 is 1.42 bits per heavy atom. The molecule has 1 atom stereocenters. The van der Waals surface area contributed by atoms with Crippen molar-refractivity contribution < 1.29 is 13.2 Å². The zero-order chi connectivity index (χ0) is 17.5. The molecular formula is C14H19N5O3S2. The van der Waals surface area contributed by atoms with Gasteiger partial charge in [-0.25, -0.2) is 17.9 Å². The summed E-state index contributed by atoms with van der Waals surface area (Å²) in [5.74, 6) is 0.761. The number of fused-ring (bicyclic) bond motifs is 1. The van der Waals surface area contributed by atoms with Crippen molar-refractivity contribution in [2.24, 2.45) is 0 Å². The lowest BCUT2D eigenvalue weighted by Crippen LogP contribution is -2.38. The number of aromatic nitrogens is 4. The monoisotopic (exact) mass is 369 g/mol. The molecule has 0 aliphatic carbocycles. The Balaban J connectivity index is 1.65. The van der Waals surface area contributed by atoms with Crippen molar-refractivity contribution in [2.45, 2.75) is 31.5 Å². The van der Waals surface area contributed by atoms with Crippen LogP contribution in [0.5, 0.6) is 0 Å². The van der Waals surface area contributed by atoms with Gasteiger partial charge < -0.3 is 4.90 Å². The molecule has 0 spiro atoms. The Morgan fingerprint density at radius 3 is 2.83 bits per heavy atom. The number of hydrogen-bond acceptors (Lipinski definition) is 7. The standard InChI is InChI=1S/C14H19N5O3S2/c1-9-6-10(2)19-13(15-9)16-14(17-19)23-7-12(20)18(3)11-4-5-24(21,22)8-11/h6,11H,4-5,7-8H2,1-3H3/t11-/m0/s1. The van der Waals surface area contributed by atoms with Crippen molar-refractivity contribution in [3.05, 3.63) is 17.5 Å². The zero-order valence-electron chi connectivity index (χ0n) is 13.8. The first-order chi connectivity index (χ1) is 11.2. The largest absolute Gasteiger partial charge is 0.341 e. The van der Waals surface area contributed by atoms with E-state index in [1.165, 1.54) is 16.7 Å². The summed E-state index contributed by atoms with van der Waals surface area (Å²) in [5, 5.41) is 4.83. The van der Waals surface area contributed by atoms with Crippen LogP contribution in [0.15, 0.2) is 11.2 Å². The van der Waals surface area contributed by atoms with Gasteiger partial charge in [-0.15, -0.1) is 5.10 Å². The second-order valence-corrected chi connectivity index (χ2v) is 9.17. The van der Waals surface area contributed by atoms with E-state index < -0.39 is 9.84 Å². The van der Waals surface area contributed by atoms with E-state index in [0.29, 0.717) is 17.4 Å². The number of thioether (sulfide) groups is 1. The Morgan fingerprint density at radius 2 is 2.17 bits per heavy atom. The molecule has 130 valence electrons. The maximum atomic E-state index is 12.3. The highest BCUT2D eigenvalue weighted by Gasteiger charge is 2.32.